The Morgan fingerprint density at radius 3 is 2.60 bits per heavy atom. The van der Waals surface area contributed by atoms with Crippen LogP contribution in [0.1, 0.15) is 25.3 Å². The molecule has 1 unspecified atom stereocenters. The quantitative estimate of drug-likeness (QED) is 0.928. The monoisotopic (exact) mass is 271 g/mol. The zero-order valence-corrected chi connectivity index (χ0v) is 12.1. The van der Waals surface area contributed by atoms with Gasteiger partial charge in [-0.2, -0.15) is 0 Å². The molecule has 0 aliphatic carbocycles. The van der Waals surface area contributed by atoms with E-state index in [0.717, 1.165) is 29.9 Å². The van der Waals surface area contributed by atoms with Crippen LogP contribution < -0.4 is 4.74 Å². The maximum atomic E-state index is 6.01. The Hall–Kier alpha value is -1.81. The maximum Gasteiger partial charge on any atom is 0.237 e. The number of nitrogens with one attached hydrogen (secondary N) is 1. The Labute approximate surface area is 119 Å². The van der Waals surface area contributed by atoms with Gasteiger partial charge in [-0.05, 0) is 32.3 Å². The Morgan fingerprint density at radius 2 is 1.90 bits per heavy atom. The van der Waals surface area contributed by atoms with E-state index in [-0.39, 0.29) is 6.23 Å². The number of hydrogen-bond acceptors (Lipinski definition) is 3. The summed E-state index contributed by atoms with van der Waals surface area (Å²) < 4.78 is 6.01. The van der Waals surface area contributed by atoms with Gasteiger partial charge in [-0.1, -0.05) is 30.3 Å². The van der Waals surface area contributed by atoms with Gasteiger partial charge < -0.3 is 4.74 Å². The third-order valence-corrected chi connectivity index (χ3v) is 3.96. The molecule has 1 N–H and O–H groups in total. The number of aromatic amines is 1. The van der Waals surface area contributed by atoms with Gasteiger partial charge in [0.1, 0.15) is 0 Å². The Kier molecular flexibility index (Phi) is 3.74. The fourth-order valence-corrected chi connectivity index (χ4v) is 2.72. The molecule has 3 rings (SSSR count). The molecule has 106 valence electrons. The van der Waals surface area contributed by atoms with Gasteiger partial charge in [-0.3, -0.25) is 10.00 Å². The van der Waals surface area contributed by atoms with Gasteiger partial charge in [0.15, 0.2) is 6.23 Å². The lowest BCUT2D eigenvalue weighted by atomic mass is 10.1. The van der Waals surface area contributed by atoms with E-state index in [9.17, 15) is 0 Å². The summed E-state index contributed by atoms with van der Waals surface area (Å²) in [4.78, 5) is 2.36. The summed E-state index contributed by atoms with van der Waals surface area (Å²) in [6.07, 6.45) is 2.62. The smallest absolute Gasteiger partial charge is 0.237 e. The van der Waals surface area contributed by atoms with Gasteiger partial charge in [0.05, 0.1) is 5.69 Å². The number of ether oxygens (including phenoxy) is 1. The van der Waals surface area contributed by atoms with Crippen LogP contribution >= 0.6 is 0 Å². The zero-order chi connectivity index (χ0) is 13.9. The summed E-state index contributed by atoms with van der Waals surface area (Å²) in [5.41, 5.74) is 3.25. The van der Waals surface area contributed by atoms with Crippen molar-refractivity contribution in [3.8, 4) is 17.1 Å². The SMILES string of the molecule is Cc1c(OC(C)N2CCCC2)n[nH]c1-c1ccccc1. The van der Waals surface area contributed by atoms with Crippen molar-refractivity contribution in [3.05, 3.63) is 35.9 Å². The molecule has 20 heavy (non-hydrogen) atoms. The highest BCUT2D eigenvalue weighted by Crippen LogP contribution is 2.28. The minimum Gasteiger partial charge on any atom is -0.457 e. The van der Waals surface area contributed by atoms with Crippen LogP contribution in [0.5, 0.6) is 5.88 Å². The molecule has 1 atom stereocenters. The molecular weight excluding hydrogens is 250 g/mol. The van der Waals surface area contributed by atoms with Gasteiger partial charge in [0, 0.05) is 18.7 Å². The number of rotatable bonds is 4. The molecule has 4 nitrogen and oxygen atoms in total. The van der Waals surface area contributed by atoms with Crippen molar-refractivity contribution >= 4 is 0 Å². The maximum absolute atomic E-state index is 6.01. The number of nitrogens with zero attached hydrogens (tertiary/aromatic N) is 2. The molecule has 0 spiro atoms. The number of aromatic nitrogens is 2. The van der Waals surface area contributed by atoms with Gasteiger partial charge >= 0.3 is 0 Å². The second-order valence-corrected chi connectivity index (χ2v) is 5.36. The van der Waals surface area contributed by atoms with E-state index in [1.165, 1.54) is 12.8 Å². The van der Waals surface area contributed by atoms with Crippen LogP contribution in [0.3, 0.4) is 0 Å². The van der Waals surface area contributed by atoms with Crippen LogP contribution in [-0.4, -0.2) is 34.4 Å². The van der Waals surface area contributed by atoms with E-state index in [2.05, 4.69) is 41.1 Å². The van der Waals surface area contributed by atoms with Crippen molar-refractivity contribution < 1.29 is 4.74 Å². The molecule has 0 amide bonds. The Bertz CT molecular complexity index is 558. The lowest BCUT2D eigenvalue weighted by molar-refractivity contribution is 0.0545. The van der Waals surface area contributed by atoms with Gasteiger partial charge in [-0.15, -0.1) is 5.10 Å². The molecule has 1 saturated heterocycles. The molecule has 1 aromatic heterocycles. The lowest BCUT2D eigenvalue weighted by Gasteiger charge is -2.23. The highest BCUT2D eigenvalue weighted by molar-refractivity contribution is 5.64. The van der Waals surface area contributed by atoms with E-state index in [4.69, 9.17) is 4.74 Å². The molecule has 0 saturated carbocycles. The van der Waals surface area contributed by atoms with Crippen molar-refractivity contribution in [3.63, 3.8) is 0 Å². The average molecular weight is 271 g/mol. The van der Waals surface area contributed by atoms with E-state index in [0.29, 0.717) is 5.88 Å². The molecule has 1 aromatic carbocycles. The Balaban J connectivity index is 1.77. The molecule has 2 heterocycles. The van der Waals surface area contributed by atoms with Crippen molar-refractivity contribution in [2.45, 2.75) is 32.9 Å². The second kappa shape index (κ2) is 5.67. The zero-order valence-electron chi connectivity index (χ0n) is 12.1. The van der Waals surface area contributed by atoms with E-state index < -0.39 is 0 Å². The highest BCUT2D eigenvalue weighted by atomic mass is 16.5. The molecule has 4 heteroatoms. The predicted molar refractivity (Wildman–Crippen MR) is 79.7 cm³/mol. The number of likely N-dealkylation sites (tertiary alicyclic amines) is 1. The molecule has 2 aromatic rings. The summed E-state index contributed by atoms with van der Waals surface area (Å²) in [5.74, 6) is 0.711. The summed E-state index contributed by atoms with van der Waals surface area (Å²) >= 11 is 0. The second-order valence-electron chi connectivity index (χ2n) is 5.36. The van der Waals surface area contributed by atoms with Crippen LogP contribution in [0.25, 0.3) is 11.3 Å². The first-order valence-electron chi connectivity index (χ1n) is 7.27. The van der Waals surface area contributed by atoms with E-state index in [1.54, 1.807) is 0 Å². The van der Waals surface area contributed by atoms with Gasteiger partial charge in [0.2, 0.25) is 5.88 Å². The summed E-state index contributed by atoms with van der Waals surface area (Å²) in [7, 11) is 0. The minimum atomic E-state index is 0.0862. The van der Waals surface area contributed by atoms with Crippen molar-refractivity contribution in [2.24, 2.45) is 0 Å². The molecular formula is C16H21N3O. The van der Waals surface area contributed by atoms with Crippen molar-refractivity contribution in [1.82, 2.24) is 15.1 Å². The summed E-state index contributed by atoms with van der Waals surface area (Å²) in [5, 5.41) is 7.42. The summed E-state index contributed by atoms with van der Waals surface area (Å²) in [6, 6.07) is 10.2. The average Bonchev–Trinajstić information content (AvgIpc) is 3.11. The normalized spacial score (nSPS) is 17.3. The first kappa shape index (κ1) is 13.2. The van der Waals surface area contributed by atoms with E-state index >= 15 is 0 Å². The molecule has 1 aliphatic rings. The first-order valence-corrected chi connectivity index (χ1v) is 7.27. The molecule has 0 radical (unpaired) electrons. The van der Waals surface area contributed by atoms with Crippen LogP contribution in [0.4, 0.5) is 0 Å². The minimum absolute atomic E-state index is 0.0862. The Morgan fingerprint density at radius 1 is 1.20 bits per heavy atom. The topological polar surface area (TPSA) is 41.1 Å². The predicted octanol–water partition coefficient (Wildman–Crippen LogP) is 3.21. The van der Waals surface area contributed by atoms with Crippen LogP contribution in [0.15, 0.2) is 30.3 Å². The lowest BCUT2D eigenvalue weighted by Crippen LogP contribution is -2.34. The standard InChI is InChI=1S/C16H21N3O/c1-12-15(14-8-4-3-5-9-14)17-18-16(12)20-13(2)19-10-6-7-11-19/h3-5,8-9,13H,6-7,10-11H2,1-2H3,(H,17,18). The first-order chi connectivity index (χ1) is 9.75. The third-order valence-electron chi connectivity index (χ3n) is 3.96. The molecule has 0 bridgehead atoms. The highest BCUT2D eigenvalue weighted by Gasteiger charge is 2.21. The third kappa shape index (κ3) is 2.56. The van der Waals surface area contributed by atoms with Crippen molar-refractivity contribution in [1.29, 1.82) is 0 Å². The molecule has 1 fully saturated rings. The van der Waals surface area contributed by atoms with Gasteiger partial charge in [0.25, 0.3) is 0 Å². The van der Waals surface area contributed by atoms with Crippen LogP contribution in [0, 0.1) is 6.92 Å². The fraction of sp³-hybridized carbons (Fsp3) is 0.438. The van der Waals surface area contributed by atoms with Crippen molar-refractivity contribution in [2.75, 3.05) is 13.1 Å². The van der Waals surface area contributed by atoms with Crippen LogP contribution in [-0.2, 0) is 0 Å². The van der Waals surface area contributed by atoms with Crippen LogP contribution in [0.2, 0.25) is 0 Å². The summed E-state index contributed by atoms with van der Waals surface area (Å²) in [6.45, 7) is 6.39. The number of hydrogen-bond donors (Lipinski definition) is 1. The number of benzene rings is 1. The van der Waals surface area contributed by atoms with E-state index in [1.807, 2.05) is 18.2 Å². The fourth-order valence-electron chi connectivity index (χ4n) is 2.72. The van der Waals surface area contributed by atoms with Gasteiger partial charge in [-0.25, -0.2) is 0 Å². The number of H-pyrrole nitrogens is 1. The molecule has 1 aliphatic heterocycles. The largest absolute Gasteiger partial charge is 0.457 e.